The minimum absolute atomic E-state index is 0.166. The second-order valence-corrected chi connectivity index (χ2v) is 6.13. The molecule has 0 fully saturated rings. The third kappa shape index (κ3) is 2.86. The monoisotopic (exact) mass is 342 g/mol. The number of amides is 1. The number of nitrogens with two attached hydrogens (primary N) is 2. The Balaban J connectivity index is 1.92. The molecule has 1 aliphatic rings. The Bertz CT molecular complexity index is 1030. The highest BCUT2D eigenvalue weighted by molar-refractivity contribution is 6.37. The number of nitrogens with one attached hydrogen (secondary N) is 2. The molecule has 26 heavy (non-hydrogen) atoms. The van der Waals surface area contributed by atoms with Crippen LogP contribution in [0.5, 0.6) is 0 Å². The Hall–Kier alpha value is -3.73. The van der Waals surface area contributed by atoms with Gasteiger partial charge in [0, 0.05) is 28.3 Å². The molecule has 3 aromatic rings. The fourth-order valence-electron chi connectivity index (χ4n) is 3.08. The number of hydrogen-bond acceptors (Lipinski definition) is 4. The highest BCUT2D eigenvalue weighted by Gasteiger charge is 2.28. The normalized spacial score (nSPS) is 14.5. The first-order valence-electron chi connectivity index (χ1n) is 8.25. The summed E-state index contributed by atoms with van der Waals surface area (Å²) >= 11 is 0. The molecule has 1 aliphatic heterocycles. The van der Waals surface area contributed by atoms with Crippen LogP contribution >= 0.6 is 0 Å². The first-order chi connectivity index (χ1) is 12.6. The molecule has 0 atom stereocenters. The van der Waals surface area contributed by atoms with Crippen LogP contribution in [-0.4, -0.2) is 5.91 Å². The maximum atomic E-state index is 12.7. The quantitative estimate of drug-likeness (QED) is 0.430. The lowest BCUT2D eigenvalue weighted by atomic mass is 9.99. The van der Waals surface area contributed by atoms with Crippen LogP contribution in [0.15, 0.2) is 72.8 Å². The van der Waals surface area contributed by atoms with Crippen molar-refractivity contribution in [3.63, 3.8) is 0 Å². The van der Waals surface area contributed by atoms with Crippen LogP contribution in [0.3, 0.4) is 0 Å². The zero-order chi connectivity index (χ0) is 18.1. The van der Waals surface area contributed by atoms with E-state index in [9.17, 15) is 4.79 Å². The van der Waals surface area contributed by atoms with Crippen molar-refractivity contribution in [2.45, 2.75) is 0 Å². The van der Waals surface area contributed by atoms with Crippen molar-refractivity contribution in [3.8, 4) is 0 Å². The van der Waals surface area contributed by atoms with Gasteiger partial charge in [0.15, 0.2) is 0 Å². The van der Waals surface area contributed by atoms with E-state index in [-0.39, 0.29) is 5.91 Å². The Labute approximate surface area is 151 Å². The van der Waals surface area contributed by atoms with Gasteiger partial charge in [-0.2, -0.15) is 0 Å². The highest BCUT2D eigenvalue weighted by atomic mass is 16.2. The molecule has 0 spiro atoms. The summed E-state index contributed by atoms with van der Waals surface area (Å²) in [6, 6.07) is 22.5. The van der Waals surface area contributed by atoms with Gasteiger partial charge in [-0.05, 0) is 42.0 Å². The van der Waals surface area contributed by atoms with Gasteiger partial charge in [0.25, 0.3) is 5.91 Å². The van der Waals surface area contributed by atoms with E-state index in [2.05, 4.69) is 10.6 Å². The predicted molar refractivity (Wildman–Crippen MR) is 107 cm³/mol. The standard InChI is InChI=1S/C21H18N4O/c22-14-7-4-8-16(11-14)24-20(13-5-2-1-3-6-13)19-17-12-15(23)9-10-18(17)25-21(19)26/h1-12,24H,22-23H2,(H,25,26)/b20-19-. The van der Waals surface area contributed by atoms with Crippen LogP contribution in [0, 0.1) is 0 Å². The average Bonchev–Trinajstić information content (AvgIpc) is 2.95. The molecular weight excluding hydrogens is 324 g/mol. The van der Waals surface area contributed by atoms with Crippen molar-refractivity contribution in [1.29, 1.82) is 0 Å². The number of nitrogen functional groups attached to an aromatic ring is 2. The Morgan fingerprint density at radius 3 is 2.38 bits per heavy atom. The molecule has 1 heterocycles. The minimum Gasteiger partial charge on any atom is -0.399 e. The molecular formula is C21H18N4O. The summed E-state index contributed by atoms with van der Waals surface area (Å²) in [5.74, 6) is -0.166. The van der Waals surface area contributed by atoms with Crippen LogP contribution in [0.1, 0.15) is 11.1 Å². The molecule has 0 aliphatic carbocycles. The number of benzene rings is 3. The van der Waals surface area contributed by atoms with Crippen molar-refractivity contribution in [2.75, 3.05) is 22.1 Å². The lowest BCUT2D eigenvalue weighted by Gasteiger charge is -2.15. The molecule has 0 aromatic heterocycles. The van der Waals surface area contributed by atoms with E-state index >= 15 is 0 Å². The average molecular weight is 342 g/mol. The molecule has 4 rings (SSSR count). The van der Waals surface area contributed by atoms with Gasteiger partial charge in [0.05, 0.1) is 11.3 Å². The van der Waals surface area contributed by atoms with Gasteiger partial charge in [-0.15, -0.1) is 0 Å². The molecule has 0 saturated heterocycles. The van der Waals surface area contributed by atoms with Crippen molar-refractivity contribution in [2.24, 2.45) is 0 Å². The van der Waals surface area contributed by atoms with Crippen LogP contribution < -0.4 is 22.1 Å². The third-order valence-corrected chi connectivity index (χ3v) is 4.26. The molecule has 0 bridgehead atoms. The Morgan fingerprint density at radius 2 is 1.62 bits per heavy atom. The van der Waals surface area contributed by atoms with Gasteiger partial charge < -0.3 is 22.1 Å². The van der Waals surface area contributed by atoms with Gasteiger partial charge in [0.2, 0.25) is 0 Å². The summed E-state index contributed by atoms with van der Waals surface area (Å²) in [7, 11) is 0. The van der Waals surface area contributed by atoms with Crippen molar-refractivity contribution < 1.29 is 4.79 Å². The van der Waals surface area contributed by atoms with Crippen molar-refractivity contribution in [3.05, 3.63) is 83.9 Å². The predicted octanol–water partition coefficient (Wildman–Crippen LogP) is 3.78. The van der Waals surface area contributed by atoms with Crippen LogP contribution in [0.2, 0.25) is 0 Å². The first kappa shape index (κ1) is 15.8. The van der Waals surface area contributed by atoms with E-state index in [1.54, 1.807) is 6.07 Å². The summed E-state index contributed by atoms with van der Waals surface area (Å²) in [4.78, 5) is 12.7. The van der Waals surface area contributed by atoms with E-state index in [1.165, 1.54) is 0 Å². The number of carbonyl (C=O) groups excluding carboxylic acids is 1. The third-order valence-electron chi connectivity index (χ3n) is 4.26. The Morgan fingerprint density at radius 1 is 0.846 bits per heavy atom. The molecule has 5 nitrogen and oxygen atoms in total. The molecule has 0 saturated carbocycles. The SMILES string of the molecule is Nc1cccc(N/C(=C2\C(=O)Nc3ccc(N)cc32)c2ccccc2)c1. The van der Waals surface area contributed by atoms with Crippen LogP contribution in [0.4, 0.5) is 22.7 Å². The maximum absolute atomic E-state index is 12.7. The van der Waals surface area contributed by atoms with Gasteiger partial charge in [-0.3, -0.25) is 4.79 Å². The fraction of sp³-hybridized carbons (Fsp3) is 0. The van der Waals surface area contributed by atoms with E-state index in [0.717, 1.165) is 22.5 Å². The molecule has 3 aromatic carbocycles. The summed E-state index contributed by atoms with van der Waals surface area (Å²) in [5, 5.41) is 6.27. The van der Waals surface area contributed by atoms with Crippen molar-refractivity contribution in [1.82, 2.24) is 0 Å². The molecule has 0 unspecified atom stereocenters. The number of rotatable bonds is 3. The smallest absolute Gasteiger partial charge is 0.258 e. The minimum atomic E-state index is -0.166. The van der Waals surface area contributed by atoms with Crippen LogP contribution in [-0.2, 0) is 4.79 Å². The Kier molecular flexibility index (Phi) is 3.82. The van der Waals surface area contributed by atoms with Gasteiger partial charge in [0.1, 0.15) is 0 Å². The summed E-state index contributed by atoms with van der Waals surface area (Å²) < 4.78 is 0. The van der Waals surface area contributed by atoms with E-state index < -0.39 is 0 Å². The second-order valence-electron chi connectivity index (χ2n) is 6.13. The lowest BCUT2D eigenvalue weighted by Crippen LogP contribution is -2.10. The second kappa shape index (κ2) is 6.29. The largest absolute Gasteiger partial charge is 0.399 e. The number of fused-ring (bicyclic) bond motifs is 1. The zero-order valence-electron chi connectivity index (χ0n) is 14.0. The zero-order valence-corrected chi connectivity index (χ0v) is 14.0. The number of hydrogen-bond donors (Lipinski definition) is 4. The number of anilines is 4. The topological polar surface area (TPSA) is 93.2 Å². The van der Waals surface area contributed by atoms with Gasteiger partial charge in [-0.1, -0.05) is 36.4 Å². The van der Waals surface area contributed by atoms with Crippen LogP contribution in [0.25, 0.3) is 11.3 Å². The first-order valence-corrected chi connectivity index (χ1v) is 8.25. The van der Waals surface area contributed by atoms with E-state index in [4.69, 9.17) is 11.5 Å². The lowest BCUT2D eigenvalue weighted by molar-refractivity contribution is -0.110. The summed E-state index contributed by atoms with van der Waals surface area (Å²) in [6.07, 6.45) is 0. The van der Waals surface area contributed by atoms with E-state index in [1.807, 2.05) is 66.7 Å². The number of carbonyl (C=O) groups is 1. The highest BCUT2D eigenvalue weighted by Crippen LogP contribution is 2.38. The molecule has 6 N–H and O–H groups in total. The summed E-state index contributed by atoms with van der Waals surface area (Å²) in [6.45, 7) is 0. The van der Waals surface area contributed by atoms with E-state index in [0.29, 0.717) is 22.6 Å². The summed E-state index contributed by atoms with van der Waals surface area (Å²) in [5.41, 5.74) is 17.6. The maximum Gasteiger partial charge on any atom is 0.258 e. The van der Waals surface area contributed by atoms with Crippen molar-refractivity contribution >= 4 is 39.9 Å². The molecule has 5 heteroatoms. The molecule has 0 radical (unpaired) electrons. The fourth-order valence-corrected chi connectivity index (χ4v) is 3.08. The van der Waals surface area contributed by atoms with Gasteiger partial charge in [-0.25, -0.2) is 0 Å². The molecule has 1 amide bonds. The van der Waals surface area contributed by atoms with Gasteiger partial charge >= 0.3 is 0 Å². The molecule has 128 valence electrons.